The molecule has 3 heterocycles. The van der Waals surface area contributed by atoms with Crippen molar-refractivity contribution in [2.24, 2.45) is 0 Å². The van der Waals surface area contributed by atoms with Crippen LogP contribution in [0.15, 0.2) is 48.8 Å². The van der Waals surface area contributed by atoms with Gasteiger partial charge < -0.3 is 19.4 Å². The maximum absolute atomic E-state index is 12.8. The maximum atomic E-state index is 12.8. The summed E-state index contributed by atoms with van der Waals surface area (Å²) in [5, 5.41) is 12.8. The Balaban J connectivity index is 1.77. The zero-order valence-corrected chi connectivity index (χ0v) is 24.0. The molecule has 1 atom stereocenters. The molecule has 0 aliphatic carbocycles. The Morgan fingerprint density at radius 2 is 1.86 bits per heavy atom. The molecule has 0 aliphatic rings. The number of aryl methyl sites for hydroxylation is 2. The molecule has 0 spiro atoms. The van der Waals surface area contributed by atoms with Gasteiger partial charge in [0, 0.05) is 32.1 Å². The van der Waals surface area contributed by atoms with Gasteiger partial charge in [-0.2, -0.15) is 0 Å². The maximum Gasteiger partial charge on any atom is 0.339 e. The Bertz CT molecular complexity index is 1390. The number of benzene rings is 1. The summed E-state index contributed by atoms with van der Waals surface area (Å²) in [5.74, 6) is 0.386. The van der Waals surface area contributed by atoms with Crippen molar-refractivity contribution in [2.45, 2.75) is 52.3 Å². The van der Waals surface area contributed by atoms with Gasteiger partial charge in [-0.1, -0.05) is 43.4 Å². The van der Waals surface area contributed by atoms with Crippen molar-refractivity contribution in [2.75, 3.05) is 19.0 Å². The third-order valence-electron chi connectivity index (χ3n) is 6.29. The monoisotopic (exact) mass is 539 g/mol. The number of rotatable bonds is 10. The van der Waals surface area contributed by atoms with Crippen molar-refractivity contribution in [3.8, 4) is 0 Å². The fourth-order valence-electron chi connectivity index (χ4n) is 4.22. The van der Waals surface area contributed by atoms with Gasteiger partial charge in [-0.15, -0.1) is 10.2 Å². The van der Waals surface area contributed by atoms with E-state index in [9.17, 15) is 4.79 Å². The third-order valence-corrected chi connectivity index (χ3v) is 8.24. The van der Waals surface area contributed by atoms with Gasteiger partial charge in [0.05, 0.1) is 30.1 Å². The van der Waals surface area contributed by atoms with E-state index in [-0.39, 0.29) is 0 Å². The van der Waals surface area contributed by atoms with Crippen molar-refractivity contribution >= 4 is 37.0 Å². The molecule has 0 amide bonds. The summed E-state index contributed by atoms with van der Waals surface area (Å²) in [6.07, 6.45) is 3.84. The molecule has 0 radical (unpaired) electrons. The Morgan fingerprint density at radius 1 is 1.14 bits per heavy atom. The van der Waals surface area contributed by atoms with Crippen molar-refractivity contribution in [1.82, 2.24) is 19.2 Å². The minimum Gasteiger partial charge on any atom is -0.465 e. The van der Waals surface area contributed by atoms with Gasteiger partial charge in [-0.25, -0.2) is 4.79 Å². The summed E-state index contributed by atoms with van der Waals surface area (Å²) < 4.78 is 15.1. The number of aromatic nitrogens is 4. The lowest BCUT2D eigenvalue weighted by atomic mass is 10.00. The van der Waals surface area contributed by atoms with Crippen LogP contribution in [0.1, 0.15) is 39.0 Å². The Morgan fingerprint density at radius 3 is 2.54 bits per heavy atom. The second-order valence-corrected chi connectivity index (χ2v) is 16.5. The smallest absolute Gasteiger partial charge is 0.339 e. The summed E-state index contributed by atoms with van der Waals surface area (Å²) >= 11 is 6.22. The van der Waals surface area contributed by atoms with Crippen LogP contribution in [0.4, 0.5) is 5.69 Å². The molecule has 3 aromatic heterocycles. The lowest BCUT2D eigenvalue weighted by Gasteiger charge is -2.25. The quantitative estimate of drug-likeness (QED) is 0.149. The Kier molecular flexibility index (Phi) is 8.06. The highest BCUT2D eigenvalue weighted by molar-refractivity contribution is 6.76. The highest BCUT2D eigenvalue weighted by Crippen LogP contribution is 2.32. The third kappa shape index (κ3) is 6.23. The van der Waals surface area contributed by atoms with E-state index >= 15 is 0 Å². The summed E-state index contributed by atoms with van der Waals surface area (Å²) in [7, 11) is 0.163. The number of esters is 1. The predicted octanol–water partition coefficient (Wildman–Crippen LogP) is 6.10. The molecule has 4 rings (SSSR count). The van der Waals surface area contributed by atoms with Crippen LogP contribution < -0.4 is 5.32 Å². The number of ether oxygens (including phenoxy) is 2. The topological polar surface area (TPSA) is 82.7 Å². The minimum absolute atomic E-state index is 0.325. The number of anilines is 1. The second-order valence-electron chi connectivity index (χ2n) is 10.4. The van der Waals surface area contributed by atoms with Crippen LogP contribution in [-0.4, -0.2) is 46.9 Å². The van der Waals surface area contributed by atoms with E-state index in [0.717, 1.165) is 40.0 Å². The van der Waals surface area contributed by atoms with E-state index < -0.39 is 20.1 Å². The standard InChI is InChI=1S/C27H34ClN5O3Si/c1-18-15-22(16-33-19(2)30-31-26(18)33)29-24(20-7-9-21(28)10-8-20)25-23(27(34)35-3)11-12-32(25)17-36-13-14-37(4,5)6/h7-12,15-16,24,29H,13-14,17H2,1-6H3. The number of hydrogen-bond acceptors (Lipinski definition) is 6. The highest BCUT2D eigenvalue weighted by Gasteiger charge is 2.26. The summed E-state index contributed by atoms with van der Waals surface area (Å²) in [6.45, 7) is 11.9. The molecule has 1 aromatic carbocycles. The predicted molar refractivity (Wildman–Crippen MR) is 149 cm³/mol. The van der Waals surface area contributed by atoms with Crippen LogP contribution in [0.25, 0.3) is 5.65 Å². The second kappa shape index (κ2) is 11.1. The number of halogens is 1. The van der Waals surface area contributed by atoms with Gasteiger partial charge in [0.1, 0.15) is 12.6 Å². The first kappa shape index (κ1) is 26.9. The van der Waals surface area contributed by atoms with E-state index in [1.165, 1.54) is 7.11 Å². The molecule has 0 fully saturated rings. The number of methoxy groups -OCH3 is 1. The minimum atomic E-state index is -1.23. The number of fused-ring (bicyclic) bond motifs is 1. The lowest BCUT2D eigenvalue weighted by Crippen LogP contribution is -2.23. The van der Waals surface area contributed by atoms with Crippen LogP contribution in [0.2, 0.25) is 30.7 Å². The first-order chi connectivity index (χ1) is 17.6. The van der Waals surface area contributed by atoms with Gasteiger partial charge in [0.15, 0.2) is 5.65 Å². The summed E-state index contributed by atoms with van der Waals surface area (Å²) in [6, 6.07) is 12.1. The molecule has 1 N–H and O–H groups in total. The van der Waals surface area contributed by atoms with Gasteiger partial charge in [-0.3, -0.25) is 4.40 Å². The van der Waals surface area contributed by atoms with Gasteiger partial charge in [0.25, 0.3) is 0 Å². The molecule has 10 heteroatoms. The first-order valence-electron chi connectivity index (χ1n) is 12.3. The number of carbonyl (C=O) groups excluding carboxylic acids is 1. The molecule has 37 heavy (non-hydrogen) atoms. The molecule has 1 unspecified atom stereocenters. The van der Waals surface area contributed by atoms with Crippen LogP contribution in [0, 0.1) is 13.8 Å². The molecule has 0 aliphatic heterocycles. The SMILES string of the molecule is COC(=O)c1ccn(COCC[Si](C)(C)C)c1C(Nc1cc(C)c2nnc(C)n2c1)c1ccc(Cl)cc1. The molecule has 4 aromatic rings. The number of hydrogen-bond donors (Lipinski definition) is 1. The van der Waals surface area contributed by atoms with E-state index in [1.807, 2.05) is 65.5 Å². The molecule has 8 nitrogen and oxygen atoms in total. The number of nitrogens with zero attached hydrogens (tertiary/aromatic N) is 4. The molecular weight excluding hydrogens is 506 g/mol. The first-order valence-corrected chi connectivity index (χ1v) is 16.3. The summed E-state index contributed by atoms with van der Waals surface area (Å²) in [4.78, 5) is 12.8. The molecular formula is C27H34ClN5O3Si. The summed E-state index contributed by atoms with van der Waals surface area (Å²) in [5.41, 5.74) is 4.81. The van der Waals surface area contributed by atoms with Crippen LogP contribution in [0.5, 0.6) is 0 Å². The molecule has 0 saturated heterocycles. The van der Waals surface area contributed by atoms with Crippen molar-refractivity contribution < 1.29 is 14.3 Å². The van der Waals surface area contributed by atoms with E-state index in [4.69, 9.17) is 21.1 Å². The van der Waals surface area contributed by atoms with Crippen LogP contribution in [0.3, 0.4) is 0 Å². The average Bonchev–Trinajstić information content (AvgIpc) is 3.44. The largest absolute Gasteiger partial charge is 0.465 e. The molecule has 0 saturated carbocycles. The average molecular weight is 540 g/mol. The molecule has 0 bridgehead atoms. The number of nitrogens with one attached hydrogen (secondary N) is 1. The van der Waals surface area contributed by atoms with Crippen molar-refractivity contribution in [3.05, 3.63) is 82.0 Å². The lowest BCUT2D eigenvalue weighted by molar-refractivity contribution is 0.0596. The van der Waals surface area contributed by atoms with Crippen molar-refractivity contribution in [1.29, 1.82) is 0 Å². The fraction of sp³-hybridized carbons (Fsp3) is 0.370. The number of carbonyl (C=O) groups is 1. The Hall–Kier alpha value is -3.14. The highest BCUT2D eigenvalue weighted by atomic mass is 35.5. The number of pyridine rings is 1. The zero-order chi connectivity index (χ0) is 26.7. The zero-order valence-electron chi connectivity index (χ0n) is 22.2. The van der Waals surface area contributed by atoms with Gasteiger partial charge in [0.2, 0.25) is 0 Å². The fourth-order valence-corrected chi connectivity index (χ4v) is 5.10. The van der Waals surface area contributed by atoms with E-state index in [1.54, 1.807) is 6.07 Å². The van der Waals surface area contributed by atoms with E-state index in [0.29, 0.717) is 23.9 Å². The molecule has 196 valence electrons. The Labute approximate surface area is 223 Å². The van der Waals surface area contributed by atoms with Gasteiger partial charge in [-0.05, 0) is 55.3 Å². The van der Waals surface area contributed by atoms with Crippen molar-refractivity contribution in [3.63, 3.8) is 0 Å². The normalized spacial score (nSPS) is 12.6. The van der Waals surface area contributed by atoms with Gasteiger partial charge >= 0.3 is 5.97 Å². The van der Waals surface area contributed by atoms with Crippen LogP contribution in [-0.2, 0) is 16.2 Å². The van der Waals surface area contributed by atoms with E-state index in [2.05, 4.69) is 35.2 Å². The van der Waals surface area contributed by atoms with Crippen LogP contribution >= 0.6 is 11.6 Å².